The smallest absolute Gasteiger partial charge is 0.308 e. The molecule has 2 aromatic rings. The summed E-state index contributed by atoms with van der Waals surface area (Å²) in [6, 6.07) is 5.22. The fourth-order valence-corrected chi connectivity index (χ4v) is 4.39. The summed E-state index contributed by atoms with van der Waals surface area (Å²) in [4.78, 5) is 32.9. The molecule has 0 spiro atoms. The number of amides is 1. The van der Waals surface area contributed by atoms with Crippen molar-refractivity contribution in [3.05, 3.63) is 36.3 Å². The number of hydrogen-bond donors (Lipinski definition) is 2. The molecule has 0 unspecified atom stereocenters. The van der Waals surface area contributed by atoms with Gasteiger partial charge in [-0.3, -0.25) is 14.6 Å². The maximum absolute atomic E-state index is 12.6. The van der Waals surface area contributed by atoms with Crippen molar-refractivity contribution in [2.75, 3.05) is 0 Å². The fraction of sp³-hybridized carbons (Fsp3) is 0.444. The first kappa shape index (κ1) is 15.8. The van der Waals surface area contributed by atoms with Gasteiger partial charge in [-0.1, -0.05) is 6.07 Å². The van der Waals surface area contributed by atoms with E-state index in [9.17, 15) is 14.7 Å². The molecule has 2 aliphatic carbocycles. The molecule has 7 heteroatoms. The molecule has 4 atom stereocenters. The van der Waals surface area contributed by atoms with Crippen LogP contribution in [-0.2, 0) is 11.8 Å². The van der Waals surface area contributed by atoms with Crippen molar-refractivity contribution in [3.8, 4) is 11.5 Å². The van der Waals surface area contributed by atoms with E-state index in [-0.39, 0.29) is 29.5 Å². The Morgan fingerprint density at radius 1 is 1.28 bits per heavy atom. The van der Waals surface area contributed by atoms with Crippen molar-refractivity contribution in [2.45, 2.75) is 25.3 Å². The van der Waals surface area contributed by atoms with E-state index in [1.54, 1.807) is 17.0 Å². The molecule has 0 aromatic carbocycles. The first-order chi connectivity index (χ1) is 12.0. The maximum atomic E-state index is 12.6. The van der Waals surface area contributed by atoms with E-state index >= 15 is 0 Å². The first-order valence-corrected chi connectivity index (χ1v) is 8.53. The number of pyridine rings is 1. The summed E-state index contributed by atoms with van der Waals surface area (Å²) in [5, 5.41) is 12.4. The zero-order chi connectivity index (χ0) is 17.6. The highest BCUT2D eigenvalue weighted by Crippen LogP contribution is 2.48. The average molecular weight is 340 g/mol. The normalized spacial score (nSPS) is 27.4. The van der Waals surface area contributed by atoms with E-state index < -0.39 is 11.9 Å². The number of imidazole rings is 1. The minimum atomic E-state index is -0.812. The Morgan fingerprint density at radius 3 is 2.80 bits per heavy atom. The van der Waals surface area contributed by atoms with E-state index in [0.29, 0.717) is 11.5 Å². The third kappa shape index (κ3) is 2.69. The quantitative estimate of drug-likeness (QED) is 0.883. The van der Waals surface area contributed by atoms with Gasteiger partial charge in [-0.05, 0) is 43.2 Å². The minimum absolute atomic E-state index is 0.181. The second-order valence-electron chi connectivity index (χ2n) is 6.97. The molecule has 0 aliphatic heterocycles. The van der Waals surface area contributed by atoms with E-state index in [1.165, 1.54) is 0 Å². The highest BCUT2D eigenvalue weighted by atomic mass is 16.4. The van der Waals surface area contributed by atoms with Gasteiger partial charge in [0.2, 0.25) is 0 Å². The second kappa shape index (κ2) is 5.98. The number of aliphatic carboxylic acids is 1. The number of aromatic nitrogens is 3. The molecule has 2 heterocycles. The van der Waals surface area contributed by atoms with E-state index in [4.69, 9.17) is 0 Å². The summed E-state index contributed by atoms with van der Waals surface area (Å²) in [6.45, 7) is 0. The maximum Gasteiger partial charge on any atom is 0.308 e. The van der Waals surface area contributed by atoms with Gasteiger partial charge in [0, 0.05) is 25.5 Å². The van der Waals surface area contributed by atoms with Crippen molar-refractivity contribution in [1.29, 1.82) is 0 Å². The first-order valence-electron chi connectivity index (χ1n) is 8.53. The Kier molecular flexibility index (Phi) is 3.78. The number of rotatable bonds is 4. The molecule has 0 radical (unpaired) electrons. The standard InChI is InChI=1S/C18H20N4O3/c1-22-9-13(20-16(22)12-4-2-3-7-19-12)17(23)21-15-11-6-5-10(8-11)14(15)18(24)25/h2-4,7,9-11,14-15H,5-6,8H2,1H3,(H,21,23)(H,24,25)/t10-,11+,14+,15-/m0/s1. The Bertz CT molecular complexity index is 817. The molecule has 2 bridgehead atoms. The Morgan fingerprint density at radius 2 is 2.08 bits per heavy atom. The lowest BCUT2D eigenvalue weighted by atomic mass is 9.84. The van der Waals surface area contributed by atoms with Crippen molar-refractivity contribution >= 4 is 11.9 Å². The van der Waals surface area contributed by atoms with Gasteiger partial charge in [-0.25, -0.2) is 4.98 Å². The van der Waals surface area contributed by atoms with E-state index in [2.05, 4.69) is 15.3 Å². The topological polar surface area (TPSA) is 97.1 Å². The third-order valence-electron chi connectivity index (χ3n) is 5.50. The van der Waals surface area contributed by atoms with Crippen molar-refractivity contribution in [3.63, 3.8) is 0 Å². The molecule has 2 aromatic heterocycles. The van der Waals surface area contributed by atoms with Gasteiger partial charge in [0.1, 0.15) is 11.4 Å². The van der Waals surface area contributed by atoms with Crippen LogP contribution in [0.5, 0.6) is 0 Å². The number of hydrogen-bond acceptors (Lipinski definition) is 4. The van der Waals surface area contributed by atoms with Crippen LogP contribution in [0.1, 0.15) is 29.8 Å². The van der Waals surface area contributed by atoms with Gasteiger partial charge in [-0.2, -0.15) is 0 Å². The molecule has 0 saturated heterocycles. The highest BCUT2D eigenvalue weighted by molar-refractivity contribution is 5.93. The zero-order valence-electron chi connectivity index (χ0n) is 13.9. The summed E-state index contributed by atoms with van der Waals surface area (Å²) in [7, 11) is 1.81. The molecule has 2 N–H and O–H groups in total. The van der Waals surface area contributed by atoms with Crippen LogP contribution in [0.25, 0.3) is 11.5 Å². The largest absolute Gasteiger partial charge is 0.481 e. The van der Waals surface area contributed by atoms with Gasteiger partial charge in [0.25, 0.3) is 5.91 Å². The number of carboxylic acids is 1. The number of nitrogens with one attached hydrogen (secondary N) is 1. The van der Waals surface area contributed by atoms with Gasteiger partial charge in [0.05, 0.1) is 5.92 Å². The van der Waals surface area contributed by atoms with Gasteiger partial charge < -0.3 is 15.0 Å². The number of carboxylic acid groups (broad SMARTS) is 1. The lowest BCUT2D eigenvalue weighted by Crippen LogP contribution is -2.46. The summed E-state index contributed by atoms with van der Waals surface area (Å²) in [5.41, 5.74) is 0.974. The van der Waals surface area contributed by atoms with Crippen molar-refractivity contribution in [2.24, 2.45) is 24.8 Å². The van der Waals surface area contributed by atoms with E-state index in [1.807, 2.05) is 25.2 Å². The molecule has 2 fully saturated rings. The van der Waals surface area contributed by atoms with Gasteiger partial charge >= 0.3 is 5.97 Å². The van der Waals surface area contributed by atoms with Gasteiger partial charge in [-0.15, -0.1) is 0 Å². The van der Waals surface area contributed by atoms with Crippen LogP contribution in [0.3, 0.4) is 0 Å². The van der Waals surface area contributed by atoms with Crippen molar-refractivity contribution in [1.82, 2.24) is 19.9 Å². The molecule has 4 rings (SSSR count). The Balaban J connectivity index is 1.55. The number of aryl methyl sites for hydroxylation is 1. The zero-order valence-corrected chi connectivity index (χ0v) is 13.9. The van der Waals surface area contributed by atoms with Crippen molar-refractivity contribution < 1.29 is 14.7 Å². The molecule has 2 aliphatic rings. The molecule has 7 nitrogen and oxygen atoms in total. The minimum Gasteiger partial charge on any atom is -0.481 e. The number of carbonyl (C=O) groups is 2. The molecular formula is C18H20N4O3. The van der Waals surface area contributed by atoms with Crippen LogP contribution in [0.2, 0.25) is 0 Å². The second-order valence-corrected chi connectivity index (χ2v) is 6.97. The van der Waals surface area contributed by atoms with Crippen LogP contribution in [0.4, 0.5) is 0 Å². The van der Waals surface area contributed by atoms with Crippen LogP contribution < -0.4 is 5.32 Å². The predicted octanol–water partition coefficient (Wildman–Crippen LogP) is 1.71. The van der Waals surface area contributed by atoms with Crippen LogP contribution in [0.15, 0.2) is 30.6 Å². The Labute approximate surface area is 145 Å². The summed E-state index contributed by atoms with van der Waals surface area (Å²) < 4.78 is 1.76. The summed E-state index contributed by atoms with van der Waals surface area (Å²) >= 11 is 0. The van der Waals surface area contributed by atoms with Crippen LogP contribution >= 0.6 is 0 Å². The van der Waals surface area contributed by atoms with Crippen LogP contribution in [-0.4, -0.2) is 37.6 Å². The van der Waals surface area contributed by atoms with E-state index in [0.717, 1.165) is 19.3 Å². The van der Waals surface area contributed by atoms with Gasteiger partial charge in [0.15, 0.2) is 5.82 Å². The number of carbonyl (C=O) groups excluding carboxylic acids is 1. The molecule has 2 saturated carbocycles. The predicted molar refractivity (Wildman–Crippen MR) is 89.7 cm³/mol. The molecule has 130 valence electrons. The fourth-order valence-electron chi connectivity index (χ4n) is 4.39. The molecule has 1 amide bonds. The SMILES string of the molecule is Cn1cc(C(=O)N[C@H]2[C@@H]3CC[C@@H](C3)[C@H]2C(=O)O)nc1-c1ccccn1. The Hall–Kier alpha value is -2.70. The van der Waals surface area contributed by atoms with Crippen LogP contribution in [0, 0.1) is 17.8 Å². The number of nitrogens with zero attached hydrogens (tertiary/aromatic N) is 3. The monoisotopic (exact) mass is 340 g/mol. The third-order valence-corrected chi connectivity index (χ3v) is 5.50. The lowest BCUT2D eigenvalue weighted by molar-refractivity contribution is -0.144. The lowest BCUT2D eigenvalue weighted by Gasteiger charge is -2.28. The summed E-state index contributed by atoms with van der Waals surface area (Å²) in [5.74, 6) is -0.570. The summed E-state index contributed by atoms with van der Waals surface area (Å²) in [6.07, 6.45) is 6.16. The molecular weight excluding hydrogens is 320 g/mol. The average Bonchev–Trinajstić information content (AvgIpc) is 3.29. The number of fused-ring (bicyclic) bond motifs is 2. The molecule has 25 heavy (non-hydrogen) atoms. The highest BCUT2D eigenvalue weighted by Gasteiger charge is 2.51.